The van der Waals surface area contributed by atoms with Crippen molar-refractivity contribution in [3.05, 3.63) is 46.5 Å². The molecule has 1 unspecified atom stereocenters. The van der Waals surface area contributed by atoms with Crippen LogP contribution in [0.5, 0.6) is 0 Å². The number of nitrogens with one attached hydrogen (secondary N) is 1. The Morgan fingerprint density at radius 2 is 2.06 bits per heavy atom. The Labute approximate surface area is 113 Å². The Morgan fingerprint density at radius 1 is 1.44 bits per heavy atom. The van der Waals surface area contributed by atoms with E-state index in [9.17, 15) is 4.79 Å². The molecule has 18 heavy (non-hydrogen) atoms. The van der Waals surface area contributed by atoms with Crippen LogP contribution >= 0.6 is 11.6 Å². The summed E-state index contributed by atoms with van der Waals surface area (Å²) in [6, 6.07) is 7.90. The minimum atomic E-state index is -0.295. The van der Waals surface area contributed by atoms with Crippen molar-refractivity contribution in [3.63, 3.8) is 0 Å². The molecule has 0 amide bonds. The molecule has 1 aromatic carbocycles. The van der Waals surface area contributed by atoms with E-state index in [1.54, 1.807) is 6.92 Å². The van der Waals surface area contributed by atoms with Gasteiger partial charge in [0.1, 0.15) is 0 Å². The fraction of sp³-hybridized carbons (Fsp3) is 0.357. The van der Waals surface area contributed by atoms with Crippen molar-refractivity contribution in [1.82, 2.24) is 5.32 Å². The molecular formula is C14H18ClNO2. The fourth-order valence-corrected chi connectivity index (χ4v) is 1.63. The van der Waals surface area contributed by atoms with Crippen LogP contribution in [-0.2, 0) is 9.53 Å². The average molecular weight is 268 g/mol. The third-order valence-corrected chi connectivity index (χ3v) is 2.96. The van der Waals surface area contributed by atoms with Crippen LogP contribution < -0.4 is 5.32 Å². The van der Waals surface area contributed by atoms with E-state index in [0.717, 1.165) is 10.6 Å². The van der Waals surface area contributed by atoms with Crippen LogP contribution in [-0.4, -0.2) is 19.6 Å². The van der Waals surface area contributed by atoms with Crippen molar-refractivity contribution in [1.29, 1.82) is 0 Å². The average Bonchev–Trinajstić information content (AvgIpc) is 2.38. The lowest BCUT2D eigenvalue weighted by molar-refractivity contribution is -0.136. The number of hydrogen-bond donors (Lipinski definition) is 1. The van der Waals surface area contributed by atoms with Gasteiger partial charge in [0.25, 0.3) is 0 Å². The molecule has 0 spiro atoms. The van der Waals surface area contributed by atoms with Crippen LogP contribution in [0, 0.1) is 0 Å². The molecule has 0 aliphatic carbocycles. The van der Waals surface area contributed by atoms with E-state index in [0.29, 0.717) is 12.1 Å². The summed E-state index contributed by atoms with van der Waals surface area (Å²) in [7, 11) is 1.38. The summed E-state index contributed by atoms with van der Waals surface area (Å²) in [5.41, 5.74) is 1.76. The first-order valence-corrected chi connectivity index (χ1v) is 6.16. The van der Waals surface area contributed by atoms with Crippen LogP contribution in [0.25, 0.3) is 0 Å². The van der Waals surface area contributed by atoms with Crippen molar-refractivity contribution in [2.45, 2.75) is 19.9 Å². The van der Waals surface area contributed by atoms with E-state index in [1.165, 1.54) is 7.11 Å². The molecule has 0 fully saturated rings. The predicted molar refractivity (Wildman–Crippen MR) is 73.6 cm³/mol. The van der Waals surface area contributed by atoms with E-state index >= 15 is 0 Å². The van der Waals surface area contributed by atoms with Crippen LogP contribution in [0.3, 0.4) is 0 Å². The van der Waals surface area contributed by atoms with E-state index < -0.39 is 0 Å². The van der Waals surface area contributed by atoms with Crippen molar-refractivity contribution in [2.24, 2.45) is 0 Å². The van der Waals surface area contributed by atoms with Gasteiger partial charge in [0.2, 0.25) is 0 Å². The lowest BCUT2D eigenvalue weighted by Gasteiger charge is -2.13. The number of hydrogen-bond acceptors (Lipinski definition) is 3. The largest absolute Gasteiger partial charge is 0.466 e. The second kappa shape index (κ2) is 7.19. The standard InChI is InChI=1S/C14H18ClNO2/c1-10(14(17)18-3)8-9-16-11(2)12-4-6-13(15)7-5-12/h4-8,11,16H,9H2,1-3H3/b10-8+. The first kappa shape index (κ1) is 14.7. The van der Waals surface area contributed by atoms with Crippen LogP contribution in [0.1, 0.15) is 25.5 Å². The Bertz CT molecular complexity index is 426. The third kappa shape index (κ3) is 4.51. The minimum absolute atomic E-state index is 0.198. The molecule has 1 atom stereocenters. The van der Waals surface area contributed by atoms with Crippen molar-refractivity contribution in [3.8, 4) is 0 Å². The highest BCUT2D eigenvalue weighted by Crippen LogP contribution is 2.15. The van der Waals surface area contributed by atoms with Gasteiger partial charge < -0.3 is 10.1 Å². The van der Waals surface area contributed by atoms with E-state index in [2.05, 4.69) is 17.0 Å². The quantitative estimate of drug-likeness (QED) is 0.658. The number of benzene rings is 1. The van der Waals surface area contributed by atoms with Gasteiger partial charge in [0, 0.05) is 23.2 Å². The lowest BCUT2D eigenvalue weighted by atomic mass is 10.1. The SMILES string of the molecule is COC(=O)/C(C)=C/CNC(C)c1ccc(Cl)cc1. The van der Waals surface area contributed by atoms with Crippen LogP contribution in [0.15, 0.2) is 35.9 Å². The van der Waals surface area contributed by atoms with E-state index in [-0.39, 0.29) is 12.0 Å². The zero-order chi connectivity index (χ0) is 13.5. The summed E-state index contributed by atoms with van der Waals surface area (Å²) >= 11 is 5.83. The number of rotatable bonds is 5. The van der Waals surface area contributed by atoms with Gasteiger partial charge in [0.15, 0.2) is 0 Å². The Balaban J connectivity index is 2.49. The third-order valence-electron chi connectivity index (χ3n) is 2.71. The molecule has 0 aliphatic heterocycles. The van der Waals surface area contributed by atoms with Crippen molar-refractivity contribution < 1.29 is 9.53 Å². The molecule has 1 N–H and O–H groups in total. The van der Waals surface area contributed by atoms with Crippen LogP contribution in [0.2, 0.25) is 5.02 Å². The maximum absolute atomic E-state index is 11.2. The molecular weight excluding hydrogens is 250 g/mol. The number of methoxy groups -OCH3 is 1. The smallest absolute Gasteiger partial charge is 0.333 e. The number of halogens is 1. The highest BCUT2D eigenvalue weighted by atomic mass is 35.5. The number of carbonyl (C=O) groups excluding carboxylic acids is 1. The zero-order valence-electron chi connectivity index (χ0n) is 10.9. The van der Waals surface area contributed by atoms with Gasteiger partial charge >= 0.3 is 5.97 Å². The first-order valence-electron chi connectivity index (χ1n) is 5.78. The maximum Gasteiger partial charge on any atom is 0.333 e. The van der Waals surface area contributed by atoms with Crippen molar-refractivity contribution in [2.75, 3.05) is 13.7 Å². The van der Waals surface area contributed by atoms with Gasteiger partial charge in [0.05, 0.1) is 7.11 Å². The first-order chi connectivity index (χ1) is 8.54. The number of esters is 1. The van der Waals surface area contributed by atoms with Gasteiger partial charge in [-0.25, -0.2) is 4.79 Å². The van der Waals surface area contributed by atoms with Gasteiger partial charge in [-0.05, 0) is 31.5 Å². The van der Waals surface area contributed by atoms with Gasteiger partial charge in [-0.2, -0.15) is 0 Å². The van der Waals surface area contributed by atoms with Gasteiger partial charge in [-0.3, -0.25) is 0 Å². The summed E-state index contributed by atoms with van der Waals surface area (Å²) in [5, 5.41) is 4.03. The molecule has 1 aromatic rings. The van der Waals surface area contributed by atoms with Gasteiger partial charge in [-0.1, -0.05) is 29.8 Å². The normalized spacial score (nSPS) is 13.2. The zero-order valence-corrected chi connectivity index (χ0v) is 11.6. The molecule has 0 saturated heterocycles. The lowest BCUT2D eigenvalue weighted by Crippen LogP contribution is -2.19. The molecule has 98 valence electrons. The molecule has 1 rings (SSSR count). The van der Waals surface area contributed by atoms with Gasteiger partial charge in [-0.15, -0.1) is 0 Å². The summed E-state index contributed by atoms with van der Waals surface area (Å²) in [6.45, 7) is 4.41. The van der Waals surface area contributed by atoms with E-state index in [1.807, 2.05) is 30.3 Å². The highest BCUT2D eigenvalue weighted by Gasteiger charge is 2.05. The Hall–Kier alpha value is -1.32. The summed E-state index contributed by atoms with van der Waals surface area (Å²) in [4.78, 5) is 11.2. The highest BCUT2D eigenvalue weighted by molar-refractivity contribution is 6.30. The van der Waals surface area contributed by atoms with E-state index in [4.69, 9.17) is 11.6 Å². The molecule has 0 bridgehead atoms. The number of carbonyl (C=O) groups is 1. The summed E-state index contributed by atoms with van der Waals surface area (Å²) < 4.78 is 4.62. The van der Waals surface area contributed by atoms with Crippen LogP contribution in [0.4, 0.5) is 0 Å². The Morgan fingerprint density at radius 3 is 2.61 bits per heavy atom. The maximum atomic E-state index is 11.2. The fourth-order valence-electron chi connectivity index (χ4n) is 1.50. The second-order valence-electron chi connectivity index (χ2n) is 4.06. The predicted octanol–water partition coefficient (Wildman–Crippen LogP) is 3.11. The summed E-state index contributed by atoms with van der Waals surface area (Å²) in [6.07, 6.45) is 1.82. The second-order valence-corrected chi connectivity index (χ2v) is 4.50. The minimum Gasteiger partial charge on any atom is -0.466 e. The molecule has 0 heterocycles. The molecule has 0 aromatic heterocycles. The summed E-state index contributed by atoms with van der Waals surface area (Å²) in [5.74, 6) is -0.295. The monoisotopic (exact) mass is 267 g/mol. The number of ether oxygens (including phenoxy) is 1. The molecule has 0 saturated carbocycles. The Kier molecular flexibility index (Phi) is 5.89. The molecule has 0 aliphatic rings. The topological polar surface area (TPSA) is 38.3 Å². The van der Waals surface area contributed by atoms with Crippen molar-refractivity contribution >= 4 is 17.6 Å². The molecule has 3 nitrogen and oxygen atoms in total. The molecule has 0 radical (unpaired) electrons. The molecule has 4 heteroatoms.